The van der Waals surface area contributed by atoms with Gasteiger partial charge < -0.3 is 15.0 Å². The molecule has 0 saturated heterocycles. The third kappa shape index (κ3) is 4.93. The highest BCUT2D eigenvalue weighted by molar-refractivity contribution is 6.31. The van der Waals surface area contributed by atoms with Gasteiger partial charge in [0, 0.05) is 31.3 Å². The number of rotatable bonds is 6. The molecule has 0 aliphatic heterocycles. The van der Waals surface area contributed by atoms with Crippen LogP contribution in [0.25, 0.3) is 0 Å². The number of amides is 2. The lowest BCUT2D eigenvalue weighted by atomic mass is 10.2. The Balaban J connectivity index is 2.00. The zero-order valence-corrected chi connectivity index (χ0v) is 14.6. The monoisotopic (exact) mass is 364 g/mol. The smallest absolute Gasteiger partial charge is 0.251 e. The highest BCUT2D eigenvalue weighted by Crippen LogP contribution is 2.22. The van der Waals surface area contributed by atoms with Gasteiger partial charge in [-0.25, -0.2) is 4.39 Å². The highest BCUT2D eigenvalue weighted by Gasteiger charge is 2.14. The van der Waals surface area contributed by atoms with Crippen LogP contribution in [-0.4, -0.2) is 32.0 Å². The maximum atomic E-state index is 13.3. The molecule has 2 aromatic rings. The summed E-state index contributed by atoms with van der Waals surface area (Å²) in [4.78, 5) is 25.4. The van der Waals surface area contributed by atoms with Crippen molar-refractivity contribution in [3.05, 3.63) is 58.9 Å². The van der Waals surface area contributed by atoms with Crippen LogP contribution in [0.5, 0.6) is 5.75 Å². The van der Waals surface area contributed by atoms with E-state index in [0.29, 0.717) is 17.0 Å². The minimum absolute atomic E-state index is 0.0656. The predicted octanol–water partition coefficient (Wildman–Crippen LogP) is 3.27. The number of ether oxygens (including phenoxy) is 1. The van der Waals surface area contributed by atoms with E-state index in [4.69, 9.17) is 16.3 Å². The largest absolute Gasteiger partial charge is 0.497 e. The zero-order chi connectivity index (χ0) is 18.4. The van der Waals surface area contributed by atoms with E-state index in [1.807, 2.05) is 0 Å². The van der Waals surface area contributed by atoms with Crippen molar-refractivity contribution in [3.63, 3.8) is 0 Å². The van der Waals surface area contributed by atoms with Crippen LogP contribution >= 0.6 is 11.6 Å². The first-order valence-electron chi connectivity index (χ1n) is 7.57. The summed E-state index contributed by atoms with van der Waals surface area (Å²) in [6.45, 7) is 1.85. The van der Waals surface area contributed by atoms with E-state index in [0.717, 1.165) is 0 Å². The molecule has 0 aromatic heterocycles. The highest BCUT2D eigenvalue weighted by atomic mass is 35.5. The van der Waals surface area contributed by atoms with Crippen LogP contribution in [0.2, 0.25) is 5.02 Å². The number of nitrogens with zero attached hydrogens (tertiary/aromatic N) is 1. The van der Waals surface area contributed by atoms with Crippen molar-refractivity contribution < 1.29 is 18.7 Å². The zero-order valence-electron chi connectivity index (χ0n) is 13.9. The van der Waals surface area contributed by atoms with Crippen LogP contribution in [0.4, 0.5) is 10.1 Å². The second-order valence-corrected chi connectivity index (χ2v) is 5.66. The standard InChI is InChI=1S/C18H18ClFN2O3/c1-12(23)22(14-6-7-17(20)16(19)11-14)9-8-21-18(24)13-4-3-5-15(10-13)25-2/h3-7,10-11H,8-9H2,1-2H3,(H,21,24). The van der Waals surface area contributed by atoms with Crippen LogP contribution < -0.4 is 15.0 Å². The number of halogens is 2. The lowest BCUT2D eigenvalue weighted by Gasteiger charge is -2.21. The Morgan fingerprint density at radius 3 is 2.64 bits per heavy atom. The molecule has 0 aliphatic rings. The summed E-state index contributed by atoms with van der Waals surface area (Å²) in [7, 11) is 1.52. The quantitative estimate of drug-likeness (QED) is 0.855. The van der Waals surface area contributed by atoms with Gasteiger partial charge in [0.05, 0.1) is 12.1 Å². The number of carbonyl (C=O) groups is 2. The summed E-state index contributed by atoms with van der Waals surface area (Å²) >= 11 is 5.76. The van der Waals surface area contributed by atoms with Crippen LogP contribution in [0.1, 0.15) is 17.3 Å². The van der Waals surface area contributed by atoms with Crippen LogP contribution in [-0.2, 0) is 4.79 Å². The van der Waals surface area contributed by atoms with Gasteiger partial charge in [-0.15, -0.1) is 0 Å². The van der Waals surface area contributed by atoms with Gasteiger partial charge in [-0.05, 0) is 36.4 Å². The molecule has 0 radical (unpaired) electrons. The van der Waals surface area contributed by atoms with Crippen LogP contribution in [0, 0.1) is 5.82 Å². The molecule has 0 heterocycles. The summed E-state index contributed by atoms with van der Waals surface area (Å²) < 4.78 is 18.3. The van der Waals surface area contributed by atoms with Crippen molar-refractivity contribution in [1.82, 2.24) is 5.32 Å². The molecule has 7 heteroatoms. The number of anilines is 1. The molecule has 0 unspecified atom stereocenters. The minimum Gasteiger partial charge on any atom is -0.497 e. The first-order chi connectivity index (χ1) is 11.9. The van der Waals surface area contributed by atoms with Crippen molar-refractivity contribution in [1.29, 1.82) is 0 Å². The first-order valence-corrected chi connectivity index (χ1v) is 7.95. The number of nitrogens with one attached hydrogen (secondary N) is 1. The molecule has 0 aliphatic carbocycles. The summed E-state index contributed by atoms with van der Waals surface area (Å²) in [5.41, 5.74) is 0.924. The number of hydrogen-bond donors (Lipinski definition) is 1. The Morgan fingerprint density at radius 2 is 2.00 bits per heavy atom. The fourth-order valence-electron chi connectivity index (χ4n) is 2.27. The average Bonchev–Trinajstić information content (AvgIpc) is 2.60. The lowest BCUT2D eigenvalue weighted by molar-refractivity contribution is -0.116. The normalized spacial score (nSPS) is 10.2. The molecule has 0 atom stereocenters. The Bertz CT molecular complexity index is 783. The van der Waals surface area contributed by atoms with E-state index in [-0.39, 0.29) is 29.9 Å². The number of carbonyl (C=O) groups excluding carboxylic acids is 2. The van der Waals surface area contributed by atoms with Crippen LogP contribution in [0.3, 0.4) is 0 Å². The fraction of sp³-hybridized carbons (Fsp3) is 0.222. The number of hydrogen-bond acceptors (Lipinski definition) is 3. The average molecular weight is 365 g/mol. The Morgan fingerprint density at radius 1 is 1.24 bits per heavy atom. The van der Waals surface area contributed by atoms with Crippen LogP contribution in [0.15, 0.2) is 42.5 Å². The topological polar surface area (TPSA) is 58.6 Å². The van der Waals surface area contributed by atoms with Crippen molar-refractivity contribution in [3.8, 4) is 5.75 Å². The van der Waals surface area contributed by atoms with Gasteiger partial charge >= 0.3 is 0 Å². The van der Waals surface area contributed by atoms with Gasteiger partial charge in [0.2, 0.25) is 5.91 Å². The summed E-state index contributed by atoms with van der Waals surface area (Å²) in [6.07, 6.45) is 0. The van der Waals surface area contributed by atoms with Gasteiger partial charge in [-0.1, -0.05) is 17.7 Å². The number of methoxy groups -OCH3 is 1. The molecule has 1 N–H and O–H groups in total. The second-order valence-electron chi connectivity index (χ2n) is 5.26. The Kier molecular flexibility index (Phi) is 6.36. The maximum Gasteiger partial charge on any atom is 0.251 e. The van der Waals surface area contributed by atoms with Crippen molar-refractivity contribution in [2.24, 2.45) is 0 Å². The molecular weight excluding hydrogens is 347 g/mol. The molecule has 2 amide bonds. The third-order valence-electron chi connectivity index (χ3n) is 3.55. The maximum absolute atomic E-state index is 13.3. The van der Waals surface area contributed by atoms with Gasteiger partial charge in [-0.3, -0.25) is 9.59 Å². The second kappa shape index (κ2) is 8.48. The molecule has 0 fully saturated rings. The summed E-state index contributed by atoms with van der Waals surface area (Å²) in [6, 6.07) is 10.8. The molecule has 2 rings (SSSR count). The van der Waals surface area contributed by atoms with E-state index < -0.39 is 5.82 Å². The van der Waals surface area contributed by atoms with Gasteiger partial charge in [0.15, 0.2) is 0 Å². The molecule has 0 bridgehead atoms. The SMILES string of the molecule is COc1cccc(C(=O)NCCN(C(C)=O)c2ccc(F)c(Cl)c2)c1. The Labute approximate surface area is 150 Å². The Hall–Kier alpha value is -2.60. The van der Waals surface area contributed by atoms with Gasteiger partial charge in [0.1, 0.15) is 11.6 Å². The minimum atomic E-state index is -0.555. The lowest BCUT2D eigenvalue weighted by Crippen LogP contribution is -2.37. The van der Waals surface area contributed by atoms with E-state index in [1.54, 1.807) is 24.3 Å². The summed E-state index contributed by atoms with van der Waals surface area (Å²) in [5.74, 6) is -0.489. The van der Waals surface area contributed by atoms with Crippen molar-refractivity contribution in [2.45, 2.75) is 6.92 Å². The van der Waals surface area contributed by atoms with E-state index in [2.05, 4.69) is 5.32 Å². The predicted molar refractivity (Wildman–Crippen MR) is 94.8 cm³/mol. The van der Waals surface area contributed by atoms with E-state index >= 15 is 0 Å². The van der Waals surface area contributed by atoms with Gasteiger partial charge in [0.25, 0.3) is 5.91 Å². The van der Waals surface area contributed by atoms with Crippen molar-refractivity contribution in [2.75, 3.05) is 25.1 Å². The van der Waals surface area contributed by atoms with Gasteiger partial charge in [-0.2, -0.15) is 0 Å². The van der Waals surface area contributed by atoms with E-state index in [1.165, 1.54) is 37.1 Å². The molecule has 5 nitrogen and oxygen atoms in total. The number of benzene rings is 2. The summed E-state index contributed by atoms with van der Waals surface area (Å²) in [5, 5.41) is 2.67. The first kappa shape index (κ1) is 18.7. The molecule has 2 aromatic carbocycles. The molecule has 0 saturated carbocycles. The third-order valence-corrected chi connectivity index (χ3v) is 3.84. The van der Waals surface area contributed by atoms with Crippen molar-refractivity contribution >= 4 is 29.1 Å². The molecule has 25 heavy (non-hydrogen) atoms. The molecular formula is C18H18ClFN2O3. The molecule has 132 valence electrons. The fourth-order valence-corrected chi connectivity index (χ4v) is 2.44. The van der Waals surface area contributed by atoms with E-state index in [9.17, 15) is 14.0 Å². The molecule has 0 spiro atoms.